The highest BCUT2D eigenvalue weighted by molar-refractivity contribution is 5.95. The molecule has 0 atom stereocenters. The van der Waals surface area contributed by atoms with E-state index in [9.17, 15) is 13.6 Å². The van der Waals surface area contributed by atoms with Gasteiger partial charge >= 0.3 is 0 Å². The lowest BCUT2D eigenvalue weighted by molar-refractivity contribution is -0.0494. The second-order valence-electron chi connectivity index (χ2n) is 5.13. The third-order valence-corrected chi connectivity index (χ3v) is 3.69. The molecule has 20 heavy (non-hydrogen) atoms. The fourth-order valence-corrected chi connectivity index (χ4v) is 2.49. The van der Waals surface area contributed by atoms with Crippen molar-refractivity contribution in [1.29, 1.82) is 0 Å². The van der Waals surface area contributed by atoms with Gasteiger partial charge in [0, 0.05) is 38.0 Å². The minimum absolute atomic E-state index is 0.0992. The fraction of sp³-hybridized carbons (Fsp3) is 0.500. The molecule has 6 heteroatoms. The molecule has 0 radical (unpaired) electrons. The van der Waals surface area contributed by atoms with Crippen LogP contribution in [0.1, 0.15) is 23.2 Å². The Balaban J connectivity index is 1.74. The first-order valence-corrected chi connectivity index (χ1v) is 6.73. The van der Waals surface area contributed by atoms with Gasteiger partial charge in [0.15, 0.2) is 0 Å². The van der Waals surface area contributed by atoms with E-state index in [-0.39, 0.29) is 31.8 Å². The van der Waals surface area contributed by atoms with Gasteiger partial charge in [0.25, 0.3) is 11.8 Å². The first kappa shape index (κ1) is 13.1. The number of alkyl halides is 2. The molecule has 1 aromatic carbocycles. The summed E-state index contributed by atoms with van der Waals surface area (Å²) in [5.74, 6) is -2.21. The average molecular weight is 282 g/mol. The lowest BCUT2D eigenvalue weighted by Crippen LogP contribution is -2.42. The third kappa shape index (κ3) is 2.55. The average Bonchev–Trinajstić information content (AvgIpc) is 2.46. The van der Waals surface area contributed by atoms with Crippen molar-refractivity contribution in [1.82, 2.24) is 4.90 Å². The molecule has 0 aromatic heterocycles. The number of rotatable bonds is 1. The van der Waals surface area contributed by atoms with Crippen molar-refractivity contribution in [3.05, 3.63) is 23.8 Å². The highest BCUT2D eigenvalue weighted by atomic mass is 19.3. The Morgan fingerprint density at radius 3 is 2.80 bits per heavy atom. The molecule has 4 nitrogen and oxygen atoms in total. The van der Waals surface area contributed by atoms with Crippen LogP contribution in [0.3, 0.4) is 0 Å². The summed E-state index contributed by atoms with van der Waals surface area (Å²) in [6, 6.07) is 5.17. The summed E-state index contributed by atoms with van der Waals surface area (Å²) >= 11 is 0. The number of hydrogen-bond donors (Lipinski definition) is 1. The molecule has 0 unspecified atom stereocenters. The highest BCUT2D eigenvalue weighted by Gasteiger charge is 2.35. The predicted molar refractivity (Wildman–Crippen MR) is 70.5 cm³/mol. The lowest BCUT2D eigenvalue weighted by atomic mass is 10.1. The van der Waals surface area contributed by atoms with Crippen LogP contribution in [-0.2, 0) is 0 Å². The number of likely N-dealkylation sites (tertiary alicyclic amines) is 1. The molecule has 2 aliphatic rings. The normalized spacial score (nSPS) is 20.6. The molecular formula is C14H16F2N2O2. The Morgan fingerprint density at radius 1 is 1.30 bits per heavy atom. The molecular weight excluding hydrogens is 266 g/mol. The van der Waals surface area contributed by atoms with Crippen molar-refractivity contribution < 1.29 is 18.3 Å². The minimum Gasteiger partial charge on any atom is -0.490 e. The largest absolute Gasteiger partial charge is 0.490 e. The van der Waals surface area contributed by atoms with E-state index in [0.29, 0.717) is 17.9 Å². The van der Waals surface area contributed by atoms with Gasteiger partial charge in [-0.2, -0.15) is 0 Å². The molecule has 1 fully saturated rings. The van der Waals surface area contributed by atoms with Crippen molar-refractivity contribution in [3.8, 4) is 5.75 Å². The van der Waals surface area contributed by atoms with Crippen molar-refractivity contribution in [2.75, 3.05) is 31.6 Å². The topological polar surface area (TPSA) is 41.6 Å². The molecule has 0 aliphatic carbocycles. The SMILES string of the molecule is O=C(c1ccc2c(c1)OCCN2)N1CCC(F)(F)CC1. The second kappa shape index (κ2) is 4.92. The Hall–Kier alpha value is -1.85. The molecule has 0 bridgehead atoms. The molecule has 2 heterocycles. The summed E-state index contributed by atoms with van der Waals surface area (Å²) in [6.45, 7) is 1.49. The van der Waals surface area contributed by atoms with Crippen LogP contribution in [0, 0.1) is 0 Å². The zero-order chi connectivity index (χ0) is 14.2. The Bertz CT molecular complexity index is 524. The molecule has 1 aromatic rings. The van der Waals surface area contributed by atoms with Gasteiger partial charge in [-0.1, -0.05) is 0 Å². The van der Waals surface area contributed by atoms with Gasteiger partial charge < -0.3 is 15.0 Å². The van der Waals surface area contributed by atoms with E-state index in [4.69, 9.17) is 4.74 Å². The lowest BCUT2D eigenvalue weighted by Gasteiger charge is -2.32. The van der Waals surface area contributed by atoms with E-state index in [1.54, 1.807) is 18.2 Å². The van der Waals surface area contributed by atoms with Gasteiger partial charge in [0.1, 0.15) is 12.4 Å². The summed E-state index contributed by atoms with van der Waals surface area (Å²) in [6.07, 6.45) is -0.524. The second-order valence-corrected chi connectivity index (χ2v) is 5.13. The Labute approximate surface area is 115 Å². The van der Waals surface area contributed by atoms with Crippen LogP contribution in [0.4, 0.5) is 14.5 Å². The van der Waals surface area contributed by atoms with Gasteiger partial charge in [-0.05, 0) is 18.2 Å². The maximum atomic E-state index is 13.1. The summed E-state index contributed by atoms with van der Waals surface area (Å²) in [5, 5.41) is 3.17. The number of carbonyl (C=O) groups excluding carboxylic acids is 1. The molecule has 1 amide bonds. The smallest absolute Gasteiger partial charge is 0.253 e. The maximum absolute atomic E-state index is 13.1. The Kier molecular flexibility index (Phi) is 3.23. The number of halogens is 2. The quantitative estimate of drug-likeness (QED) is 0.859. The predicted octanol–water partition coefficient (Wildman–Crippen LogP) is 2.36. The number of piperidine rings is 1. The zero-order valence-electron chi connectivity index (χ0n) is 11.0. The van der Waals surface area contributed by atoms with Crippen molar-refractivity contribution >= 4 is 11.6 Å². The summed E-state index contributed by atoms with van der Waals surface area (Å²) in [7, 11) is 0. The van der Waals surface area contributed by atoms with Gasteiger partial charge in [0.2, 0.25) is 0 Å². The number of benzene rings is 1. The van der Waals surface area contributed by atoms with Crippen LogP contribution in [-0.4, -0.2) is 43.0 Å². The molecule has 108 valence electrons. The number of ether oxygens (including phenoxy) is 1. The van der Waals surface area contributed by atoms with Gasteiger partial charge in [-0.25, -0.2) is 8.78 Å². The van der Waals surface area contributed by atoms with Crippen LogP contribution < -0.4 is 10.1 Å². The van der Waals surface area contributed by atoms with E-state index in [1.807, 2.05) is 0 Å². The monoisotopic (exact) mass is 282 g/mol. The summed E-state index contributed by atoms with van der Waals surface area (Å²) in [5.41, 5.74) is 1.34. The van der Waals surface area contributed by atoms with E-state index >= 15 is 0 Å². The minimum atomic E-state index is -2.64. The van der Waals surface area contributed by atoms with Crippen LogP contribution in [0.15, 0.2) is 18.2 Å². The van der Waals surface area contributed by atoms with Gasteiger partial charge in [-0.3, -0.25) is 4.79 Å². The van der Waals surface area contributed by atoms with Gasteiger partial charge in [-0.15, -0.1) is 0 Å². The van der Waals surface area contributed by atoms with Crippen LogP contribution in [0.5, 0.6) is 5.75 Å². The van der Waals surface area contributed by atoms with Crippen molar-refractivity contribution in [2.24, 2.45) is 0 Å². The van der Waals surface area contributed by atoms with Gasteiger partial charge in [0.05, 0.1) is 5.69 Å². The number of nitrogens with zero attached hydrogens (tertiary/aromatic N) is 1. The zero-order valence-corrected chi connectivity index (χ0v) is 11.0. The van der Waals surface area contributed by atoms with Crippen molar-refractivity contribution in [2.45, 2.75) is 18.8 Å². The molecule has 2 aliphatic heterocycles. The highest BCUT2D eigenvalue weighted by Crippen LogP contribution is 2.31. The molecule has 1 saturated heterocycles. The first-order chi connectivity index (χ1) is 9.55. The van der Waals surface area contributed by atoms with E-state index in [1.165, 1.54) is 4.90 Å². The number of anilines is 1. The molecule has 0 spiro atoms. The van der Waals surface area contributed by atoms with Crippen LogP contribution >= 0.6 is 0 Å². The number of hydrogen-bond acceptors (Lipinski definition) is 3. The van der Waals surface area contributed by atoms with E-state index < -0.39 is 5.92 Å². The number of nitrogens with one attached hydrogen (secondary N) is 1. The maximum Gasteiger partial charge on any atom is 0.253 e. The summed E-state index contributed by atoms with van der Waals surface area (Å²) < 4.78 is 31.7. The van der Waals surface area contributed by atoms with Crippen LogP contribution in [0.25, 0.3) is 0 Å². The third-order valence-electron chi connectivity index (χ3n) is 3.69. The standard InChI is InChI=1S/C14H16F2N2O2/c15-14(16)3-6-18(7-4-14)13(19)10-1-2-11-12(9-10)20-8-5-17-11/h1-2,9,17H,3-8H2. The first-order valence-electron chi connectivity index (χ1n) is 6.73. The van der Waals surface area contributed by atoms with E-state index in [2.05, 4.69) is 5.32 Å². The van der Waals surface area contributed by atoms with Crippen molar-refractivity contribution in [3.63, 3.8) is 0 Å². The van der Waals surface area contributed by atoms with Crippen LogP contribution in [0.2, 0.25) is 0 Å². The Morgan fingerprint density at radius 2 is 2.05 bits per heavy atom. The molecule has 3 rings (SSSR count). The molecule has 0 saturated carbocycles. The number of fused-ring (bicyclic) bond motifs is 1. The number of carbonyl (C=O) groups is 1. The summed E-state index contributed by atoms with van der Waals surface area (Å²) in [4.78, 5) is 13.8. The number of amides is 1. The van der Waals surface area contributed by atoms with E-state index in [0.717, 1.165) is 12.2 Å². The molecule has 1 N–H and O–H groups in total. The fourth-order valence-electron chi connectivity index (χ4n) is 2.49.